The molecule has 0 atom stereocenters. The van der Waals surface area contributed by atoms with E-state index in [0.29, 0.717) is 22.9 Å². The topological polar surface area (TPSA) is 88.8 Å². The lowest BCUT2D eigenvalue weighted by molar-refractivity contribution is 0.608. The number of aromatic nitrogens is 4. The molecule has 0 aliphatic carbocycles. The summed E-state index contributed by atoms with van der Waals surface area (Å²) in [6.45, 7) is 2.08. The second kappa shape index (κ2) is 8.29. The summed E-state index contributed by atoms with van der Waals surface area (Å²) < 4.78 is 5.96. The zero-order chi connectivity index (χ0) is 22.9. The maximum Gasteiger partial charge on any atom is 0.249 e. The molecule has 0 fully saturated rings. The van der Waals surface area contributed by atoms with Gasteiger partial charge in [-0.3, -0.25) is 9.97 Å². The van der Waals surface area contributed by atoms with Crippen molar-refractivity contribution in [3.63, 3.8) is 0 Å². The van der Waals surface area contributed by atoms with E-state index < -0.39 is 0 Å². The molecule has 0 amide bonds. The van der Waals surface area contributed by atoms with Crippen molar-refractivity contribution in [1.82, 2.24) is 19.9 Å². The summed E-state index contributed by atoms with van der Waals surface area (Å²) in [5.41, 5.74) is 7.11. The minimum atomic E-state index is 0.481. The van der Waals surface area contributed by atoms with Gasteiger partial charge in [0.2, 0.25) is 11.6 Å². The van der Waals surface area contributed by atoms with Crippen molar-refractivity contribution in [2.75, 3.05) is 10.6 Å². The van der Waals surface area contributed by atoms with E-state index in [2.05, 4.69) is 49.6 Å². The number of hydrogen-bond donors (Lipinski definition) is 2. The summed E-state index contributed by atoms with van der Waals surface area (Å²) in [6, 6.07) is 23.8. The Labute approximate surface area is 195 Å². The number of oxazole rings is 1. The second-order valence-electron chi connectivity index (χ2n) is 7.98. The molecule has 0 spiro atoms. The molecule has 0 unspecified atom stereocenters. The Bertz CT molecular complexity index is 1610. The summed E-state index contributed by atoms with van der Waals surface area (Å²) in [7, 11) is 0. The third kappa shape index (κ3) is 3.91. The van der Waals surface area contributed by atoms with Crippen molar-refractivity contribution in [1.29, 1.82) is 0 Å². The first-order valence-corrected chi connectivity index (χ1v) is 10.9. The lowest BCUT2D eigenvalue weighted by atomic mass is 10.1. The maximum atomic E-state index is 5.96. The first-order valence-electron chi connectivity index (χ1n) is 10.9. The van der Waals surface area contributed by atoms with E-state index in [-0.39, 0.29) is 0 Å². The highest BCUT2D eigenvalue weighted by Gasteiger charge is 2.11. The summed E-state index contributed by atoms with van der Waals surface area (Å²) in [5.74, 6) is 1.21. The second-order valence-corrected chi connectivity index (χ2v) is 7.98. The number of pyridine rings is 3. The number of anilines is 4. The van der Waals surface area contributed by atoms with Crippen molar-refractivity contribution in [3.05, 3.63) is 97.0 Å². The van der Waals surface area contributed by atoms with Crippen LogP contribution in [0, 0.1) is 6.92 Å². The number of fused-ring (bicyclic) bond motifs is 2. The van der Waals surface area contributed by atoms with E-state index in [4.69, 9.17) is 4.42 Å². The molecule has 34 heavy (non-hydrogen) atoms. The third-order valence-corrected chi connectivity index (χ3v) is 5.52. The first-order chi connectivity index (χ1) is 16.7. The van der Waals surface area contributed by atoms with Crippen molar-refractivity contribution >= 4 is 45.0 Å². The predicted molar refractivity (Wildman–Crippen MR) is 135 cm³/mol. The zero-order valence-corrected chi connectivity index (χ0v) is 18.4. The third-order valence-electron chi connectivity index (χ3n) is 5.52. The maximum absolute atomic E-state index is 5.96. The molecular weight excluding hydrogens is 424 g/mol. The average molecular weight is 444 g/mol. The Morgan fingerprint density at radius 1 is 0.706 bits per heavy atom. The minimum absolute atomic E-state index is 0.481. The average Bonchev–Trinajstić information content (AvgIpc) is 3.29. The normalized spacial score (nSPS) is 11.1. The highest BCUT2D eigenvalue weighted by atomic mass is 16.4. The molecule has 0 saturated carbocycles. The number of aryl methyl sites for hydroxylation is 1. The molecule has 0 radical (unpaired) electrons. The molecule has 0 bridgehead atoms. The van der Waals surface area contributed by atoms with Gasteiger partial charge in [-0.25, -0.2) is 4.98 Å². The molecule has 2 aromatic carbocycles. The van der Waals surface area contributed by atoms with Crippen molar-refractivity contribution in [2.24, 2.45) is 0 Å². The van der Waals surface area contributed by atoms with Gasteiger partial charge in [0.15, 0.2) is 0 Å². The fourth-order valence-electron chi connectivity index (χ4n) is 3.81. The summed E-state index contributed by atoms with van der Waals surface area (Å²) >= 11 is 0. The van der Waals surface area contributed by atoms with Crippen molar-refractivity contribution < 1.29 is 4.42 Å². The molecule has 2 N–H and O–H groups in total. The molecule has 6 rings (SSSR count). The predicted octanol–water partition coefficient (Wildman–Crippen LogP) is 6.63. The highest BCUT2D eigenvalue weighted by molar-refractivity contribution is 5.93. The number of nitrogens with one attached hydrogen (secondary N) is 2. The Morgan fingerprint density at radius 2 is 1.50 bits per heavy atom. The molecule has 7 nitrogen and oxygen atoms in total. The summed E-state index contributed by atoms with van der Waals surface area (Å²) in [5, 5.41) is 7.82. The molecular formula is C27H20N6O. The van der Waals surface area contributed by atoms with E-state index >= 15 is 0 Å². The molecule has 6 aromatic rings. The van der Waals surface area contributed by atoms with E-state index in [1.165, 1.54) is 5.56 Å². The number of rotatable bonds is 5. The smallest absolute Gasteiger partial charge is 0.249 e. The van der Waals surface area contributed by atoms with Crippen LogP contribution in [0.5, 0.6) is 0 Å². The van der Waals surface area contributed by atoms with Crippen LogP contribution in [0.4, 0.5) is 22.9 Å². The van der Waals surface area contributed by atoms with Crippen LogP contribution in [0.2, 0.25) is 0 Å². The quantitative estimate of drug-likeness (QED) is 0.308. The highest BCUT2D eigenvalue weighted by Crippen LogP contribution is 2.29. The van der Waals surface area contributed by atoms with Crippen LogP contribution >= 0.6 is 0 Å². The minimum Gasteiger partial charge on any atom is -0.418 e. The fourth-order valence-corrected chi connectivity index (χ4v) is 3.81. The SMILES string of the molecule is Cc1ccc2nccc(Nc3ccc(-c4nc5ccc(Nc6ccncc6)nc5o4)cc3)c2c1. The van der Waals surface area contributed by atoms with Crippen LogP contribution in [0.15, 0.2) is 95.8 Å². The Kier molecular flexibility index (Phi) is 4.85. The van der Waals surface area contributed by atoms with Gasteiger partial charge in [-0.15, -0.1) is 0 Å². The van der Waals surface area contributed by atoms with Gasteiger partial charge >= 0.3 is 0 Å². The van der Waals surface area contributed by atoms with Crippen LogP contribution in [0.3, 0.4) is 0 Å². The summed E-state index contributed by atoms with van der Waals surface area (Å²) in [6.07, 6.45) is 5.27. The van der Waals surface area contributed by atoms with Gasteiger partial charge < -0.3 is 15.1 Å². The van der Waals surface area contributed by atoms with Crippen molar-refractivity contribution in [2.45, 2.75) is 6.92 Å². The van der Waals surface area contributed by atoms with E-state index in [0.717, 1.165) is 33.5 Å². The Morgan fingerprint density at radius 3 is 2.35 bits per heavy atom. The molecule has 0 saturated heterocycles. The van der Waals surface area contributed by atoms with Gasteiger partial charge in [0, 0.05) is 46.6 Å². The number of nitrogens with zero attached hydrogens (tertiary/aromatic N) is 4. The number of hydrogen-bond acceptors (Lipinski definition) is 7. The molecule has 164 valence electrons. The van der Waals surface area contributed by atoms with Gasteiger partial charge in [-0.2, -0.15) is 4.98 Å². The van der Waals surface area contributed by atoms with Crippen LogP contribution in [0.25, 0.3) is 33.6 Å². The Hall–Kier alpha value is -4.78. The lowest BCUT2D eigenvalue weighted by Gasteiger charge is -2.10. The molecule has 7 heteroatoms. The van der Waals surface area contributed by atoms with Crippen LogP contribution in [-0.4, -0.2) is 19.9 Å². The largest absolute Gasteiger partial charge is 0.418 e. The first kappa shape index (κ1) is 19.9. The number of benzene rings is 2. The standard InChI is InChI=1S/C27H20N6O/c1-17-2-7-22-21(16-17)23(12-15-29-22)30-19-5-3-18(4-6-19)26-32-24-8-9-25(33-27(24)34-26)31-20-10-13-28-14-11-20/h2-16H,1H3,(H,29,30)(H,28,31,33). The zero-order valence-electron chi connectivity index (χ0n) is 18.4. The summed E-state index contributed by atoms with van der Waals surface area (Å²) in [4.78, 5) is 17.6. The monoisotopic (exact) mass is 444 g/mol. The van der Waals surface area contributed by atoms with Gasteiger partial charge in [-0.05, 0) is 73.7 Å². The van der Waals surface area contributed by atoms with E-state index in [1.807, 2.05) is 66.9 Å². The van der Waals surface area contributed by atoms with E-state index in [9.17, 15) is 0 Å². The van der Waals surface area contributed by atoms with Gasteiger partial charge in [-0.1, -0.05) is 11.6 Å². The molecule has 0 aliphatic rings. The van der Waals surface area contributed by atoms with E-state index in [1.54, 1.807) is 12.4 Å². The molecule has 0 aliphatic heterocycles. The van der Waals surface area contributed by atoms with Gasteiger partial charge in [0.25, 0.3) is 0 Å². The van der Waals surface area contributed by atoms with Crippen LogP contribution in [-0.2, 0) is 0 Å². The van der Waals surface area contributed by atoms with Crippen LogP contribution in [0.1, 0.15) is 5.56 Å². The fraction of sp³-hybridized carbons (Fsp3) is 0.0370. The Balaban J connectivity index is 1.25. The van der Waals surface area contributed by atoms with Gasteiger partial charge in [0.1, 0.15) is 11.3 Å². The molecule has 4 heterocycles. The van der Waals surface area contributed by atoms with Gasteiger partial charge in [0.05, 0.1) is 5.52 Å². The van der Waals surface area contributed by atoms with Crippen LogP contribution < -0.4 is 10.6 Å². The lowest BCUT2D eigenvalue weighted by Crippen LogP contribution is -1.93. The van der Waals surface area contributed by atoms with Crippen molar-refractivity contribution in [3.8, 4) is 11.5 Å². The molecule has 4 aromatic heterocycles.